The lowest BCUT2D eigenvalue weighted by Crippen LogP contribution is -2.00. The van der Waals surface area contributed by atoms with Crippen molar-refractivity contribution in [2.75, 3.05) is 5.32 Å². The Hall–Kier alpha value is -1.69. The van der Waals surface area contributed by atoms with Crippen LogP contribution in [0.5, 0.6) is 0 Å². The van der Waals surface area contributed by atoms with Gasteiger partial charge in [-0.1, -0.05) is 41.4 Å². The highest BCUT2D eigenvalue weighted by Crippen LogP contribution is 2.30. The third-order valence-corrected chi connectivity index (χ3v) is 3.15. The lowest BCUT2D eigenvalue weighted by molar-refractivity contribution is 1.15. The molecule has 0 atom stereocenters. The largest absolute Gasteiger partial charge is 0.379 e. The minimum atomic E-state index is 0.594. The monoisotopic (exact) mass is 276 g/mol. The van der Waals surface area contributed by atoms with Crippen LogP contribution in [-0.4, -0.2) is 0 Å². The predicted octanol–water partition coefficient (Wildman–Crippen LogP) is 4.48. The maximum atomic E-state index is 8.71. The van der Waals surface area contributed by atoms with Crippen LogP contribution >= 0.6 is 23.2 Å². The fraction of sp³-hybridized carbons (Fsp3) is 0.0714. The van der Waals surface area contributed by atoms with Gasteiger partial charge >= 0.3 is 0 Å². The Morgan fingerprint density at radius 2 is 1.61 bits per heavy atom. The van der Waals surface area contributed by atoms with E-state index < -0.39 is 0 Å². The minimum absolute atomic E-state index is 0.594. The first kappa shape index (κ1) is 12.8. The van der Waals surface area contributed by atoms with Gasteiger partial charge in [0.25, 0.3) is 0 Å². The van der Waals surface area contributed by atoms with E-state index in [1.807, 2.05) is 12.1 Å². The second kappa shape index (κ2) is 5.77. The van der Waals surface area contributed by atoms with Gasteiger partial charge in [-0.25, -0.2) is 0 Å². The standard InChI is InChI=1S/C14H10Cl2N2/c15-12-2-1-3-13(16)14(12)18-9-11-6-4-10(8-17)5-7-11/h1-7,18H,9H2. The molecule has 18 heavy (non-hydrogen) atoms. The number of hydrogen-bond acceptors (Lipinski definition) is 2. The number of rotatable bonds is 3. The van der Waals surface area contributed by atoms with Crippen LogP contribution in [0.15, 0.2) is 42.5 Å². The highest BCUT2D eigenvalue weighted by atomic mass is 35.5. The van der Waals surface area contributed by atoms with Gasteiger partial charge in [-0.2, -0.15) is 5.26 Å². The van der Waals surface area contributed by atoms with E-state index in [0.717, 1.165) is 11.3 Å². The summed E-state index contributed by atoms with van der Waals surface area (Å²) in [5.41, 5.74) is 2.43. The van der Waals surface area contributed by atoms with E-state index in [9.17, 15) is 0 Å². The van der Waals surface area contributed by atoms with E-state index in [-0.39, 0.29) is 0 Å². The van der Waals surface area contributed by atoms with Crippen molar-refractivity contribution in [1.82, 2.24) is 0 Å². The lowest BCUT2D eigenvalue weighted by atomic mass is 10.1. The highest BCUT2D eigenvalue weighted by Gasteiger charge is 2.04. The van der Waals surface area contributed by atoms with E-state index >= 15 is 0 Å². The third kappa shape index (κ3) is 2.95. The number of nitriles is 1. The summed E-state index contributed by atoms with van der Waals surface area (Å²) in [4.78, 5) is 0. The van der Waals surface area contributed by atoms with Crippen molar-refractivity contribution in [1.29, 1.82) is 5.26 Å². The number of benzene rings is 2. The zero-order chi connectivity index (χ0) is 13.0. The average molecular weight is 277 g/mol. The molecule has 0 saturated heterocycles. The van der Waals surface area contributed by atoms with Crippen molar-refractivity contribution >= 4 is 28.9 Å². The van der Waals surface area contributed by atoms with Gasteiger partial charge in [-0.15, -0.1) is 0 Å². The molecule has 0 amide bonds. The van der Waals surface area contributed by atoms with E-state index in [4.69, 9.17) is 28.5 Å². The molecular formula is C14H10Cl2N2. The molecule has 2 aromatic rings. The maximum Gasteiger partial charge on any atom is 0.0991 e. The fourth-order valence-electron chi connectivity index (χ4n) is 1.55. The number of para-hydroxylation sites is 1. The first-order valence-corrected chi connectivity index (χ1v) is 6.13. The van der Waals surface area contributed by atoms with Gasteiger partial charge in [0.1, 0.15) is 0 Å². The van der Waals surface area contributed by atoms with Gasteiger partial charge in [0.05, 0.1) is 27.4 Å². The summed E-state index contributed by atoms with van der Waals surface area (Å²) in [6.07, 6.45) is 0. The number of anilines is 1. The molecule has 0 heterocycles. The Balaban J connectivity index is 2.09. The first-order valence-electron chi connectivity index (χ1n) is 5.37. The van der Waals surface area contributed by atoms with Crippen LogP contribution in [-0.2, 0) is 6.54 Å². The first-order chi connectivity index (χ1) is 8.70. The van der Waals surface area contributed by atoms with Crippen molar-refractivity contribution in [2.24, 2.45) is 0 Å². The van der Waals surface area contributed by atoms with Crippen molar-refractivity contribution in [3.05, 3.63) is 63.6 Å². The molecule has 2 aromatic carbocycles. The van der Waals surface area contributed by atoms with Crippen LogP contribution < -0.4 is 5.32 Å². The molecule has 2 nitrogen and oxygen atoms in total. The van der Waals surface area contributed by atoms with Crippen molar-refractivity contribution in [3.8, 4) is 6.07 Å². The fourth-order valence-corrected chi connectivity index (χ4v) is 2.09. The molecular weight excluding hydrogens is 267 g/mol. The molecule has 90 valence electrons. The van der Waals surface area contributed by atoms with Crippen LogP contribution in [0.25, 0.3) is 0 Å². The Morgan fingerprint density at radius 3 is 2.17 bits per heavy atom. The van der Waals surface area contributed by atoms with E-state index in [0.29, 0.717) is 22.2 Å². The summed E-state index contributed by atoms with van der Waals surface area (Å²) >= 11 is 12.1. The van der Waals surface area contributed by atoms with E-state index in [1.54, 1.807) is 30.3 Å². The molecule has 0 fully saturated rings. The summed E-state index contributed by atoms with van der Waals surface area (Å²) in [5, 5.41) is 13.1. The van der Waals surface area contributed by atoms with Crippen LogP contribution in [0.1, 0.15) is 11.1 Å². The zero-order valence-electron chi connectivity index (χ0n) is 9.45. The number of halogens is 2. The summed E-state index contributed by atoms with van der Waals surface area (Å²) in [7, 11) is 0. The Labute approximate surface area is 116 Å². The van der Waals surface area contributed by atoms with Gasteiger partial charge in [0, 0.05) is 6.54 Å². The van der Waals surface area contributed by atoms with Gasteiger partial charge in [-0.05, 0) is 29.8 Å². The normalized spacial score (nSPS) is 9.83. The van der Waals surface area contributed by atoms with Crippen LogP contribution in [0.4, 0.5) is 5.69 Å². The molecule has 0 bridgehead atoms. The quantitative estimate of drug-likeness (QED) is 0.898. The van der Waals surface area contributed by atoms with Crippen LogP contribution in [0.3, 0.4) is 0 Å². The molecule has 1 N–H and O–H groups in total. The summed E-state index contributed by atoms with van der Waals surface area (Å²) in [5.74, 6) is 0. The lowest BCUT2D eigenvalue weighted by Gasteiger charge is -2.10. The molecule has 0 spiro atoms. The summed E-state index contributed by atoms with van der Waals surface area (Å²) in [6, 6.07) is 14.8. The Kier molecular flexibility index (Phi) is 4.09. The maximum absolute atomic E-state index is 8.71. The second-order valence-electron chi connectivity index (χ2n) is 3.76. The molecule has 4 heteroatoms. The summed E-state index contributed by atoms with van der Waals surface area (Å²) in [6.45, 7) is 0.606. The van der Waals surface area contributed by atoms with E-state index in [1.165, 1.54) is 0 Å². The van der Waals surface area contributed by atoms with Gasteiger partial charge < -0.3 is 5.32 Å². The minimum Gasteiger partial charge on any atom is -0.379 e. The predicted molar refractivity (Wildman–Crippen MR) is 74.9 cm³/mol. The number of nitrogens with zero attached hydrogens (tertiary/aromatic N) is 1. The topological polar surface area (TPSA) is 35.8 Å². The number of nitrogens with one attached hydrogen (secondary N) is 1. The smallest absolute Gasteiger partial charge is 0.0991 e. The highest BCUT2D eigenvalue weighted by molar-refractivity contribution is 6.39. The molecule has 0 aliphatic carbocycles. The zero-order valence-corrected chi connectivity index (χ0v) is 11.0. The van der Waals surface area contributed by atoms with Crippen LogP contribution in [0, 0.1) is 11.3 Å². The Morgan fingerprint density at radius 1 is 1.00 bits per heavy atom. The molecule has 0 radical (unpaired) electrons. The summed E-state index contributed by atoms with van der Waals surface area (Å²) < 4.78 is 0. The van der Waals surface area contributed by atoms with Gasteiger partial charge in [0.15, 0.2) is 0 Å². The van der Waals surface area contributed by atoms with Crippen molar-refractivity contribution in [3.63, 3.8) is 0 Å². The van der Waals surface area contributed by atoms with Crippen molar-refractivity contribution in [2.45, 2.75) is 6.54 Å². The van der Waals surface area contributed by atoms with E-state index in [2.05, 4.69) is 11.4 Å². The second-order valence-corrected chi connectivity index (χ2v) is 4.57. The van der Waals surface area contributed by atoms with Gasteiger partial charge in [0.2, 0.25) is 0 Å². The molecule has 2 rings (SSSR count). The SMILES string of the molecule is N#Cc1ccc(CNc2c(Cl)cccc2Cl)cc1. The molecule has 0 aromatic heterocycles. The molecule has 0 saturated carbocycles. The molecule has 0 aliphatic heterocycles. The third-order valence-electron chi connectivity index (χ3n) is 2.52. The Bertz CT molecular complexity index is 565. The average Bonchev–Trinajstić information content (AvgIpc) is 2.39. The molecule has 0 aliphatic rings. The van der Waals surface area contributed by atoms with Gasteiger partial charge in [-0.3, -0.25) is 0 Å². The van der Waals surface area contributed by atoms with Crippen LogP contribution in [0.2, 0.25) is 10.0 Å². The van der Waals surface area contributed by atoms with Crippen molar-refractivity contribution < 1.29 is 0 Å². The molecule has 0 unspecified atom stereocenters. The number of hydrogen-bond donors (Lipinski definition) is 1.